The molecule has 0 radical (unpaired) electrons. The van der Waals surface area contributed by atoms with Crippen molar-refractivity contribution in [2.45, 2.75) is 46.1 Å². The molecule has 2 aromatic rings. The molecule has 0 aromatic heterocycles. The molecule has 0 saturated heterocycles. The van der Waals surface area contributed by atoms with E-state index in [9.17, 15) is 15.0 Å². The lowest BCUT2D eigenvalue weighted by Gasteiger charge is -2.31. The van der Waals surface area contributed by atoms with Crippen molar-refractivity contribution in [3.63, 3.8) is 0 Å². The number of hydrogen-bond donors (Lipinski definition) is 2. The Morgan fingerprint density at radius 1 is 1.17 bits per heavy atom. The summed E-state index contributed by atoms with van der Waals surface area (Å²) in [6, 6.07) is 6.44. The van der Waals surface area contributed by atoms with Gasteiger partial charge >= 0.3 is 0 Å². The van der Waals surface area contributed by atoms with E-state index in [1.165, 1.54) is 19.2 Å². The fourth-order valence-electron chi connectivity index (χ4n) is 3.48. The standard InChI is InChI=1S/C25H28O5/c1-15(2)6-11-19-23-18(12-13-25(3,4)30-23)22(28)21(24(19)29-5)20(27)14-16-7-9-17(26)10-8-16/h6-10,12-13,26,28H,11,14H2,1-5H3. The van der Waals surface area contributed by atoms with E-state index in [0.29, 0.717) is 23.5 Å². The highest BCUT2D eigenvalue weighted by Gasteiger charge is 2.32. The summed E-state index contributed by atoms with van der Waals surface area (Å²) in [5.41, 5.74) is 2.69. The lowest BCUT2D eigenvalue weighted by molar-refractivity contribution is 0.0986. The summed E-state index contributed by atoms with van der Waals surface area (Å²) in [7, 11) is 1.49. The number of carbonyl (C=O) groups is 1. The molecular formula is C25H28O5. The predicted octanol–water partition coefficient (Wildman–Crippen LogP) is 5.22. The fraction of sp³-hybridized carbons (Fsp3) is 0.320. The minimum atomic E-state index is -0.540. The highest BCUT2D eigenvalue weighted by Crippen LogP contribution is 2.48. The molecule has 0 unspecified atom stereocenters. The van der Waals surface area contributed by atoms with Crippen LogP contribution in [0.4, 0.5) is 0 Å². The van der Waals surface area contributed by atoms with E-state index >= 15 is 0 Å². The molecule has 3 rings (SSSR count). The summed E-state index contributed by atoms with van der Waals surface area (Å²) in [5.74, 6) is 0.594. The number of aromatic hydroxyl groups is 2. The monoisotopic (exact) mass is 408 g/mol. The van der Waals surface area contributed by atoms with Gasteiger partial charge < -0.3 is 19.7 Å². The zero-order valence-corrected chi connectivity index (χ0v) is 18.1. The summed E-state index contributed by atoms with van der Waals surface area (Å²) in [6.07, 6.45) is 6.29. The lowest BCUT2D eigenvalue weighted by atomic mass is 9.90. The van der Waals surface area contributed by atoms with Crippen molar-refractivity contribution < 1.29 is 24.5 Å². The van der Waals surface area contributed by atoms with Gasteiger partial charge in [-0.1, -0.05) is 23.8 Å². The number of ether oxygens (including phenoxy) is 2. The van der Waals surface area contributed by atoms with Gasteiger partial charge in [-0.2, -0.15) is 0 Å². The van der Waals surface area contributed by atoms with Gasteiger partial charge in [0.25, 0.3) is 0 Å². The number of allylic oxidation sites excluding steroid dienone is 2. The molecule has 2 N–H and O–H groups in total. The van der Waals surface area contributed by atoms with E-state index in [4.69, 9.17) is 9.47 Å². The summed E-state index contributed by atoms with van der Waals surface area (Å²) in [4.78, 5) is 13.2. The number of phenolic OH excluding ortho intramolecular Hbond substituents is 2. The molecule has 5 nitrogen and oxygen atoms in total. The molecule has 2 aromatic carbocycles. The van der Waals surface area contributed by atoms with Crippen molar-refractivity contribution in [1.82, 2.24) is 0 Å². The number of benzene rings is 2. The number of methoxy groups -OCH3 is 1. The topological polar surface area (TPSA) is 76.0 Å². The molecule has 0 amide bonds. The molecule has 0 saturated carbocycles. The van der Waals surface area contributed by atoms with Gasteiger partial charge in [-0.05, 0) is 64.0 Å². The number of hydrogen-bond acceptors (Lipinski definition) is 5. The van der Waals surface area contributed by atoms with E-state index in [2.05, 4.69) is 0 Å². The summed E-state index contributed by atoms with van der Waals surface area (Å²) >= 11 is 0. The van der Waals surface area contributed by atoms with Crippen LogP contribution in [0.15, 0.2) is 42.0 Å². The Hall–Kier alpha value is -3.21. The zero-order chi connectivity index (χ0) is 22.1. The highest BCUT2D eigenvalue weighted by molar-refractivity contribution is 6.04. The van der Waals surface area contributed by atoms with Crippen molar-refractivity contribution in [3.05, 3.63) is 64.2 Å². The average molecular weight is 408 g/mol. The van der Waals surface area contributed by atoms with Crippen LogP contribution in [0.3, 0.4) is 0 Å². The van der Waals surface area contributed by atoms with Crippen LogP contribution in [-0.2, 0) is 12.8 Å². The largest absolute Gasteiger partial charge is 0.508 e. The Labute approximate surface area is 177 Å². The third-order valence-electron chi connectivity index (χ3n) is 5.03. The molecular weight excluding hydrogens is 380 g/mol. The van der Waals surface area contributed by atoms with Gasteiger partial charge in [0, 0.05) is 12.0 Å². The lowest BCUT2D eigenvalue weighted by Crippen LogP contribution is -2.28. The maximum absolute atomic E-state index is 13.2. The van der Waals surface area contributed by atoms with Crippen molar-refractivity contribution in [2.24, 2.45) is 0 Å². The van der Waals surface area contributed by atoms with Crippen LogP contribution in [0.1, 0.15) is 54.7 Å². The van der Waals surface area contributed by atoms with E-state index in [1.807, 2.05) is 39.8 Å². The molecule has 5 heteroatoms. The quantitative estimate of drug-likeness (QED) is 0.506. The normalized spacial score (nSPS) is 13.9. The third kappa shape index (κ3) is 4.35. The van der Waals surface area contributed by atoms with Crippen LogP contribution >= 0.6 is 0 Å². The van der Waals surface area contributed by atoms with E-state index in [-0.39, 0.29) is 29.3 Å². The Morgan fingerprint density at radius 2 is 1.83 bits per heavy atom. The second-order valence-electron chi connectivity index (χ2n) is 8.27. The van der Waals surface area contributed by atoms with Gasteiger partial charge in [0.2, 0.25) is 0 Å². The summed E-state index contributed by atoms with van der Waals surface area (Å²) in [5, 5.41) is 20.5. The summed E-state index contributed by atoms with van der Waals surface area (Å²) in [6.45, 7) is 7.87. The Kier molecular flexibility index (Phi) is 5.92. The van der Waals surface area contributed by atoms with E-state index in [1.54, 1.807) is 18.2 Å². The van der Waals surface area contributed by atoms with Crippen molar-refractivity contribution >= 4 is 11.9 Å². The number of ketones is 1. The molecule has 30 heavy (non-hydrogen) atoms. The van der Waals surface area contributed by atoms with Gasteiger partial charge in [0.05, 0.1) is 12.7 Å². The van der Waals surface area contributed by atoms with E-state index in [0.717, 1.165) is 16.7 Å². The SMILES string of the molecule is COc1c(CC=C(C)C)c2c(c(O)c1C(=O)Cc1ccc(O)cc1)C=CC(C)(C)O2. The predicted molar refractivity (Wildman–Crippen MR) is 118 cm³/mol. The van der Waals surface area contributed by atoms with E-state index < -0.39 is 5.60 Å². The molecule has 1 aliphatic heterocycles. The zero-order valence-electron chi connectivity index (χ0n) is 18.1. The number of phenols is 2. The first-order valence-electron chi connectivity index (χ1n) is 9.91. The first-order chi connectivity index (χ1) is 14.1. The van der Waals surface area contributed by atoms with Gasteiger partial charge in [-0.3, -0.25) is 4.79 Å². The van der Waals surface area contributed by atoms with Crippen molar-refractivity contribution in [3.8, 4) is 23.0 Å². The third-order valence-corrected chi connectivity index (χ3v) is 5.03. The van der Waals surface area contributed by atoms with Crippen molar-refractivity contribution in [1.29, 1.82) is 0 Å². The van der Waals surface area contributed by atoms with Crippen LogP contribution in [0.2, 0.25) is 0 Å². The van der Waals surface area contributed by atoms with Crippen LogP contribution in [0.5, 0.6) is 23.0 Å². The molecule has 158 valence electrons. The van der Waals surface area contributed by atoms with Gasteiger partial charge in [-0.25, -0.2) is 0 Å². The first kappa shape index (κ1) is 21.5. The smallest absolute Gasteiger partial charge is 0.174 e. The molecule has 0 bridgehead atoms. The molecule has 0 fully saturated rings. The Bertz CT molecular complexity index is 1020. The average Bonchev–Trinajstić information content (AvgIpc) is 2.67. The number of fused-ring (bicyclic) bond motifs is 1. The first-order valence-corrected chi connectivity index (χ1v) is 9.91. The molecule has 0 aliphatic carbocycles. The number of rotatable bonds is 6. The molecule has 0 spiro atoms. The maximum atomic E-state index is 13.2. The summed E-state index contributed by atoms with van der Waals surface area (Å²) < 4.78 is 11.8. The maximum Gasteiger partial charge on any atom is 0.174 e. The van der Waals surface area contributed by atoms with Crippen molar-refractivity contribution in [2.75, 3.05) is 7.11 Å². The van der Waals surface area contributed by atoms with Crippen LogP contribution in [0.25, 0.3) is 6.08 Å². The van der Waals surface area contributed by atoms with Gasteiger partial charge in [0.15, 0.2) is 5.78 Å². The Balaban J connectivity index is 2.17. The van der Waals surface area contributed by atoms with Gasteiger partial charge in [0.1, 0.15) is 34.2 Å². The molecule has 1 aliphatic rings. The minimum absolute atomic E-state index is 0.0706. The second kappa shape index (κ2) is 8.27. The Morgan fingerprint density at radius 3 is 2.43 bits per heavy atom. The minimum Gasteiger partial charge on any atom is -0.508 e. The number of carbonyl (C=O) groups excluding carboxylic acids is 1. The van der Waals surface area contributed by atoms with Gasteiger partial charge in [-0.15, -0.1) is 0 Å². The van der Waals surface area contributed by atoms with Crippen LogP contribution in [-0.4, -0.2) is 28.7 Å². The highest BCUT2D eigenvalue weighted by atomic mass is 16.5. The second-order valence-corrected chi connectivity index (χ2v) is 8.27. The fourth-order valence-corrected chi connectivity index (χ4v) is 3.48. The number of Topliss-reactive ketones (excluding diaryl/α,β-unsaturated/α-hetero) is 1. The molecule has 1 heterocycles. The molecule has 0 atom stereocenters. The van der Waals surface area contributed by atoms with Crippen LogP contribution in [0, 0.1) is 0 Å². The van der Waals surface area contributed by atoms with Crippen LogP contribution < -0.4 is 9.47 Å².